The Bertz CT molecular complexity index is 735. The molecule has 3 fully saturated rings. The Kier molecular flexibility index (Phi) is 4.34. The molecule has 3 aliphatic rings. The van der Waals surface area contributed by atoms with Crippen molar-refractivity contribution in [2.24, 2.45) is 5.41 Å². The zero-order valence-corrected chi connectivity index (χ0v) is 15.2. The Labute approximate surface area is 154 Å². The van der Waals surface area contributed by atoms with Gasteiger partial charge in [-0.1, -0.05) is 0 Å². The Morgan fingerprint density at radius 2 is 2.23 bits per heavy atom. The number of hydrogen-bond acceptors (Lipinski definition) is 6. The number of benzene rings is 1. The van der Waals surface area contributed by atoms with Crippen molar-refractivity contribution in [2.45, 2.75) is 6.10 Å². The number of methoxy groups -OCH3 is 1. The monoisotopic (exact) mass is 381 g/mol. The Morgan fingerprint density at radius 3 is 2.85 bits per heavy atom. The van der Waals surface area contributed by atoms with E-state index in [2.05, 4.69) is 10.1 Å². The molecule has 0 aromatic heterocycles. The normalized spacial score (nSPS) is 23.3. The largest absolute Gasteiger partial charge is 0.453 e. The topological polar surface area (TPSA) is 71.1 Å². The third-order valence-electron chi connectivity index (χ3n) is 4.99. The molecule has 0 aliphatic carbocycles. The highest BCUT2D eigenvalue weighted by Crippen LogP contribution is 2.47. The van der Waals surface area contributed by atoms with E-state index in [-0.39, 0.29) is 18.9 Å². The number of thioether (sulfide) groups is 1. The van der Waals surface area contributed by atoms with Crippen molar-refractivity contribution in [1.29, 1.82) is 0 Å². The Hall–Kier alpha value is -2.16. The highest BCUT2D eigenvalue weighted by atomic mass is 32.2. The molecule has 7 nitrogen and oxygen atoms in total. The molecule has 4 rings (SSSR count). The summed E-state index contributed by atoms with van der Waals surface area (Å²) < 4.78 is 24.3. The fraction of sp³-hybridized carbons (Fsp3) is 0.529. The van der Waals surface area contributed by atoms with Crippen molar-refractivity contribution < 1.29 is 23.5 Å². The lowest BCUT2D eigenvalue weighted by atomic mass is 9.82. The van der Waals surface area contributed by atoms with E-state index in [1.165, 1.54) is 18.1 Å². The number of carbonyl (C=O) groups is 2. The second-order valence-electron chi connectivity index (χ2n) is 6.97. The van der Waals surface area contributed by atoms with Crippen molar-refractivity contribution in [1.82, 2.24) is 5.32 Å². The number of carbonyl (C=O) groups excluding carboxylic acids is 2. The van der Waals surface area contributed by atoms with Crippen molar-refractivity contribution in [3.63, 3.8) is 0 Å². The minimum absolute atomic E-state index is 0.142. The number of nitrogens with one attached hydrogen (secondary N) is 1. The summed E-state index contributed by atoms with van der Waals surface area (Å²) in [6, 6.07) is 4.82. The lowest BCUT2D eigenvalue weighted by molar-refractivity contribution is 0.132. The van der Waals surface area contributed by atoms with Crippen LogP contribution in [0.25, 0.3) is 0 Å². The molecule has 3 aliphatic heterocycles. The van der Waals surface area contributed by atoms with Gasteiger partial charge in [-0.2, -0.15) is 11.8 Å². The van der Waals surface area contributed by atoms with Crippen LogP contribution in [-0.2, 0) is 9.47 Å². The molecule has 0 radical (unpaired) electrons. The first-order valence-corrected chi connectivity index (χ1v) is 9.57. The number of hydrogen-bond donors (Lipinski definition) is 1. The molecule has 1 N–H and O–H groups in total. The van der Waals surface area contributed by atoms with Crippen LogP contribution in [0.4, 0.5) is 25.4 Å². The predicted molar refractivity (Wildman–Crippen MR) is 96.4 cm³/mol. The van der Waals surface area contributed by atoms with Crippen LogP contribution in [0.1, 0.15) is 0 Å². The standard InChI is InChI=1S/C17H20FN3O4S/c1-24-15(22)19-5-12-6-21(16(23)25-12)11-2-3-14(13(18)4-11)20-7-17(8-20)9-26-10-17/h2-4,12H,5-10H2,1H3,(H,19,22)/t12-/m0/s1. The summed E-state index contributed by atoms with van der Waals surface area (Å²) in [5.74, 6) is 1.97. The lowest BCUT2D eigenvalue weighted by Gasteiger charge is -2.56. The number of amides is 2. The molecule has 9 heteroatoms. The van der Waals surface area contributed by atoms with Gasteiger partial charge in [-0.15, -0.1) is 0 Å². The Balaban J connectivity index is 1.39. The van der Waals surface area contributed by atoms with Gasteiger partial charge in [-0.3, -0.25) is 4.90 Å². The summed E-state index contributed by atoms with van der Waals surface area (Å²) in [7, 11) is 1.26. The zero-order valence-electron chi connectivity index (χ0n) is 14.4. The molecule has 0 unspecified atom stereocenters. The summed E-state index contributed by atoms with van der Waals surface area (Å²) in [5.41, 5.74) is 1.41. The van der Waals surface area contributed by atoms with Gasteiger partial charge in [0.15, 0.2) is 0 Å². The van der Waals surface area contributed by atoms with Crippen molar-refractivity contribution >= 4 is 35.3 Å². The minimum Gasteiger partial charge on any atom is -0.453 e. The molecule has 1 spiro atoms. The SMILES string of the molecule is COC(=O)NC[C@H]1CN(c2ccc(N3CC4(CSC4)C3)c(F)c2)C(=O)O1. The molecular weight excluding hydrogens is 361 g/mol. The molecule has 2 amide bonds. The average Bonchev–Trinajstić information content (AvgIpc) is 2.92. The van der Waals surface area contributed by atoms with Gasteiger partial charge in [0, 0.05) is 30.0 Å². The average molecular weight is 381 g/mol. The number of ether oxygens (including phenoxy) is 2. The summed E-state index contributed by atoms with van der Waals surface area (Å²) in [6.45, 7) is 2.17. The van der Waals surface area contributed by atoms with Crippen LogP contribution in [0, 0.1) is 11.2 Å². The van der Waals surface area contributed by atoms with E-state index >= 15 is 0 Å². The highest BCUT2D eigenvalue weighted by Gasteiger charge is 2.48. The summed E-state index contributed by atoms with van der Waals surface area (Å²) in [5, 5.41) is 2.49. The van der Waals surface area contributed by atoms with Crippen molar-refractivity contribution in [3.8, 4) is 0 Å². The van der Waals surface area contributed by atoms with E-state index < -0.39 is 18.3 Å². The summed E-state index contributed by atoms with van der Waals surface area (Å²) >= 11 is 1.94. The number of nitrogens with zero attached hydrogens (tertiary/aromatic N) is 2. The molecule has 3 heterocycles. The number of cyclic esters (lactones) is 1. The second kappa shape index (κ2) is 6.53. The lowest BCUT2D eigenvalue weighted by Crippen LogP contribution is -2.63. The van der Waals surface area contributed by atoms with Gasteiger partial charge in [0.05, 0.1) is 31.6 Å². The third-order valence-corrected chi connectivity index (χ3v) is 6.62. The Morgan fingerprint density at radius 1 is 1.46 bits per heavy atom. The number of alkyl carbamates (subject to hydrolysis) is 1. The second-order valence-corrected chi connectivity index (χ2v) is 7.96. The van der Waals surface area contributed by atoms with Gasteiger partial charge in [-0.05, 0) is 18.2 Å². The highest BCUT2D eigenvalue weighted by molar-refractivity contribution is 8.00. The number of halogens is 1. The first-order chi connectivity index (χ1) is 12.5. The van der Waals surface area contributed by atoms with Crippen LogP contribution in [0.3, 0.4) is 0 Å². The first kappa shape index (κ1) is 17.3. The van der Waals surface area contributed by atoms with Crippen LogP contribution in [0.2, 0.25) is 0 Å². The van der Waals surface area contributed by atoms with E-state index in [4.69, 9.17) is 4.74 Å². The van der Waals surface area contributed by atoms with E-state index in [0.717, 1.165) is 24.6 Å². The molecule has 0 bridgehead atoms. The van der Waals surface area contributed by atoms with Crippen LogP contribution >= 0.6 is 11.8 Å². The van der Waals surface area contributed by atoms with E-state index in [0.29, 0.717) is 16.8 Å². The summed E-state index contributed by atoms with van der Waals surface area (Å²) in [6.07, 6.45) is -1.65. The maximum Gasteiger partial charge on any atom is 0.414 e. The van der Waals surface area contributed by atoms with E-state index in [9.17, 15) is 14.0 Å². The molecule has 3 saturated heterocycles. The van der Waals surface area contributed by atoms with E-state index in [1.807, 2.05) is 16.7 Å². The number of rotatable bonds is 4. The van der Waals surface area contributed by atoms with Crippen LogP contribution < -0.4 is 15.1 Å². The van der Waals surface area contributed by atoms with Gasteiger partial charge >= 0.3 is 12.2 Å². The minimum atomic E-state index is -0.591. The fourth-order valence-electron chi connectivity index (χ4n) is 3.54. The van der Waals surface area contributed by atoms with Gasteiger partial charge in [0.1, 0.15) is 11.9 Å². The molecule has 0 saturated carbocycles. The van der Waals surface area contributed by atoms with Crippen LogP contribution in [-0.4, -0.2) is 63.1 Å². The fourth-order valence-corrected chi connectivity index (χ4v) is 4.68. The maximum atomic E-state index is 14.6. The summed E-state index contributed by atoms with van der Waals surface area (Å²) in [4.78, 5) is 26.6. The van der Waals surface area contributed by atoms with Gasteiger partial charge in [0.25, 0.3) is 0 Å². The van der Waals surface area contributed by atoms with Crippen LogP contribution in [0.5, 0.6) is 0 Å². The van der Waals surface area contributed by atoms with Gasteiger partial charge < -0.3 is 19.7 Å². The van der Waals surface area contributed by atoms with E-state index in [1.54, 1.807) is 12.1 Å². The maximum absolute atomic E-state index is 14.6. The van der Waals surface area contributed by atoms with Gasteiger partial charge in [0.2, 0.25) is 0 Å². The number of anilines is 2. The quantitative estimate of drug-likeness (QED) is 0.861. The smallest absolute Gasteiger partial charge is 0.414 e. The van der Waals surface area contributed by atoms with Gasteiger partial charge in [-0.25, -0.2) is 14.0 Å². The van der Waals surface area contributed by atoms with Crippen LogP contribution in [0.15, 0.2) is 18.2 Å². The molecule has 1 aromatic rings. The van der Waals surface area contributed by atoms with Crippen molar-refractivity contribution in [2.75, 3.05) is 54.6 Å². The third kappa shape index (κ3) is 3.04. The molecule has 1 aromatic carbocycles. The molecule has 1 atom stereocenters. The van der Waals surface area contributed by atoms with Crippen molar-refractivity contribution in [3.05, 3.63) is 24.0 Å². The zero-order chi connectivity index (χ0) is 18.3. The molecular formula is C17H20FN3O4S. The molecule has 140 valence electrons. The molecule has 26 heavy (non-hydrogen) atoms. The first-order valence-electron chi connectivity index (χ1n) is 8.42. The predicted octanol–water partition coefficient (Wildman–Crippen LogP) is 2.06.